The van der Waals surface area contributed by atoms with Crippen molar-refractivity contribution in [3.05, 3.63) is 59.2 Å². The third kappa shape index (κ3) is 2.87. The summed E-state index contributed by atoms with van der Waals surface area (Å²) in [6, 6.07) is 9.63. The Morgan fingerprint density at radius 3 is 2.59 bits per heavy atom. The molecule has 2 aromatic rings. The fourth-order valence-electron chi connectivity index (χ4n) is 1.51. The molecular formula is C13H13N3O. The van der Waals surface area contributed by atoms with Crippen LogP contribution in [-0.4, -0.2) is 15.9 Å². The van der Waals surface area contributed by atoms with Gasteiger partial charge in [0.15, 0.2) is 0 Å². The Hall–Kier alpha value is -2.23. The van der Waals surface area contributed by atoms with Crippen molar-refractivity contribution in [2.24, 2.45) is 5.73 Å². The van der Waals surface area contributed by atoms with Crippen LogP contribution >= 0.6 is 0 Å². The second-order valence-corrected chi connectivity index (χ2v) is 3.88. The molecule has 0 fully saturated rings. The fourth-order valence-corrected chi connectivity index (χ4v) is 1.51. The maximum absolute atomic E-state index is 11.0. The van der Waals surface area contributed by atoms with E-state index in [1.165, 1.54) is 11.6 Å². The molecule has 0 atom stereocenters. The van der Waals surface area contributed by atoms with Crippen LogP contribution in [0.3, 0.4) is 0 Å². The van der Waals surface area contributed by atoms with E-state index in [0.29, 0.717) is 12.2 Å². The quantitative estimate of drug-likeness (QED) is 0.863. The number of hydrogen-bond acceptors (Lipinski definition) is 3. The molecule has 0 aliphatic heterocycles. The first-order valence-corrected chi connectivity index (χ1v) is 5.32. The van der Waals surface area contributed by atoms with Gasteiger partial charge in [0, 0.05) is 12.6 Å². The zero-order chi connectivity index (χ0) is 12.3. The lowest BCUT2D eigenvalue weighted by Gasteiger charge is -2.02. The number of carbonyl (C=O) groups is 1. The van der Waals surface area contributed by atoms with Crippen LogP contribution in [0.1, 0.15) is 27.4 Å². The second kappa shape index (κ2) is 4.74. The fraction of sp³-hybridized carbons (Fsp3) is 0.154. The largest absolute Gasteiger partial charge is 0.364 e. The van der Waals surface area contributed by atoms with Crippen molar-refractivity contribution in [3.63, 3.8) is 0 Å². The van der Waals surface area contributed by atoms with E-state index in [9.17, 15) is 4.79 Å². The van der Waals surface area contributed by atoms with Crippen LogP contribution in [0.5, 0.6) is 0 Å². The van der Waals surface area contributed by atoms with Crippen LogP contribution in [0.15, 0.2) is 36.5 Å². The van der Waals surface area contributed by atoms with Crippen molar-refractivity contribution in [2.45, 2.75) is 13.3 Å². The van der Waals surface area contributed by atoms with E-state index in [0.717, 1.165) is 5.56 Å². The lowest BCUT2D eigenvalue weighted by atomic mass is 10.1. The van der Waals surface area contributed by atoms with Crippen LogP contribution < -0.4 is 5.73 Å². The van der Waals surface area contributed by atoms with Crippen LogP contribution in [0.2, 0.25) is 0 Å². The maximum atomic E-state index is 11.0. The van der Waals surface area contributed by atoms with Gasteiger partial charge in [0.25, 0.3) is 5.91 Å². The van der Waals surface area contributed by atoms with E-state index in [1.807, 2.05) is 31.2 Å². The number of hydrogen-bond donors (Lipinski definition) is 1. The Bertz CT molecular complexity index is 535. The molecule has 0 radical (unpaired) electrons. The summed E-state index contributed by atoms with van der Waals surface area (Å²) in [5.41, 5.74) is 7.74. The van der Waals surface area contributed by atoms with Crippen molar-refractivity contribution >= 4 is 5.91 Å². The van der Waals surface area contributed by atoms with Gasteiger partial charge in [0.05, 0.1) is 0 Å². The summed E-state index contributed by atoms with van der Waals surface area (Å²) in [6.45, 7) is 2.04. The highest BCUT2D eigenvalue weighted by atomic mass is 16.1. The van der Waals surface area contributed by atoms with Gasteiger partial charge in [-0.1, -0.05) is 29.8 Å². The molecule has 0 saturated carbocycles. The van der Waals surface area contributed by atoms with Gasteiger partial charge < -0.3 is 5.73 Å². The number of nitrogens with two attached hydrogens (primary N) is 1. The minimum atomic E-state index is -0.530. The summed E-state index contributed by atoms with van der Waals surface area (Å²) >= 11 is 0. The third-order valence-electron chi connectivity index (χ3n) is 2.44. The van der Waals surface area contributed by atoms with Gasteiger partial charge in [-0.05, 0) is 18.6 Å². The smallest absolute Gasteiger partial charge is 0.267 e. The molecule has 0 aliphatic carbocycles. The number of primary amides is 1. The molecule has 17 heavy (non-hydrogen) atoms. The summed E-state index contributed by atoms with van der Waals surface area (Å²) in [7, 11) is 0. The van der Waals surface area contributed by atoms with E-state index in [4.69, 9.17) is 5.73 Å². The molecule has 4 nitrogen and oxygen atoms in total. The molecular weight excluding hydrogens is 214 g/mol. The summed E-state index contributed by atoms with van der Waals surface area (Å²) in [5, 5.41) is 0. The number of aromatic nitrogens is 2. The minimum absolute atomic E-state index is 0.252. The van der Waals surface area contributed by atoms with Gasteiger partial charge in [-0.25, -0.2) is 9.97 Å². The third-order valence-corrected chi connectivity index (χ3v) is 2.44. The lowest BCUT2D eigenvalue weighted by Crippen LogP contribution is -2.14. The predicted molar refractivity (Wildman–Crippen MR) is 64.5 cm³/mol. The molecule has 2 N–H and O–H groups in total. The molecule has 2 rings (SSSR count). The molecule has 86 valence electrons. The Morgan fingerprint density at radius 2 is 1.94 bits per heavy atom. The first-order valence-electron chi connectivity index (χ1n) is 5.32. The monoisotopic (exact) mass is 227 g/mol. The minimum Gasteiger partial charge on any atom is -0.364 e. The van der Waals surface area contributed by atoms with Crippen molar-refractivity contribution in [1.29, 1.82) is 0 Å². The van der Waals surface area contributed by atoms with E-state index < -0.39 is 5.91 Å². The maximum Gasteiger partial charge on any atom is 0.267 e. The highest BCUT2D eigenvalue weighted by Crippen LogP contribution is 2.07. The number of benzene rings is 1. The molecule has 0 saturated heterocycles. The Morgan fingerprint density at radius 1 is 1.24 bits per heavy atom. The van der Waals surface area contributed by atoms with Crippen molar-refractivity contribution in [2.75, 3.05) is 0 Å². The molecule has 1 aromatic heterocycles. The second-order valence-electron chi connectivity index (χ2n) is 3.88. The molecule has 0 unspecified atom stereocenters. The summed E-state index contributed by atoms with van der Waals surface area (Å²) in [5.74, 6) is 0.0720. The zero-order valence-corrected chi connectivity index (χ0v) is 9.55. The lowest BCUT2D eigenvalue weighted by molar-refractivity contribution is 0.0995. The number of amides is 1. The summed E-state index contributed by atoms with van der Waals surface area (Å²) < 4.78 is 0. The summed E-state index contributed by atoms with van der Waals surface area (Å²) in [4.78, 5) is 19.2. The number of aryl methyl sites for hydroxylation is 1. The summed E-state index contributed by atoms with van der Waals surface area (Å²) in [6.07, 6.45) is 2.15. The SMILES string of the molecule is Cc1ccc(Cc2nccc(C(N)=O)n2)cc1. The first-order chi connectivity index (χ1) is 8.15. The predicted octanol–water partition coefficient (Wildman–Crippen LogP) is 1.47. The van der Waals surface area contributed by atoms with Gasteiger partial charge >= 0.3 is 0 Å². The average Bonchev–Trinajstić information content (AvgIpc) is 2.32. The van der Waals surface area contributed by atoms with Crippen LogP contribution in [0.25, 0.3) is 0 Å². The number of nitrogens with zero attached hydrogens (tertiary/aromatic N) is 2. The van der Waals surface area contributed by atoms with E-state index in [-0.39, 0.29) is 5.69 Å². The Labute approximate surface area is 99.5 Å². The van der Waals surface area contributed by atoms with Crippen LogP contribution in [-0.2, 0) is 6.42 Å². The molecule has 0 bridgehead atoms. The number of rotatable bonds is 3. The molecule has 1 heterocycles. The van der Waals surface area contributed by atoms with Crippen molar-refractivity contribution < 1.29 is 4.79 Å². The molecule has 0 spiro atoms. The van der Waals surface area contributed by atoms with Gasteiger partial charge in [-0.15, -0.1) is 0 Å². The van der Waals surface area contributed by atoms with Gasteiger partial charge in [-0.3, -0.25) is 4.79 Å². The number of carbonyl (C=O) groups excluding carboxylic acids is 1. The molecule has 0 aliphatic rings. The molecule has 1 aromatic carbocycles. The first kappa shape index (κ1) is 11.3. The highest BCUT2D eigenvalue weighted by molar-refractivity contribution is 5.90. The molecule has 1 amide bonds. The normalized spacial score (nSPS) is 10.2. The van der Waals surface area contributed by atoms with Crippen LogP contribution in [0, 0.1) is 6.92 Å². The standard InChI is InChI=1S/C13H13N3O/c1-9-2-4-10(5-3-9)8-12-15-7-6-11(16-12)13(14)17/h2-7H,8H2,1H3,(H2,14,17). The highest BCUT2D eigenvalue weighted by Gasteiger charge is 2.04. The van der Waals surface area contributed by atoms with Crippen molar-refractivity contribution in [1.82, 2.24) is 9.97 Å². The van der Waals surface area contributed by atoms with E-state index in [2.05, 4.69) is 9.97 Å². The Kier molecular flexibility index (Phi) is 3.14. The molecule has 4 heteroatoms. The Balaban J connectivity index is 2.21. The van der Waals surface area contributed by atoms with E-state index in [1.54, 1.807) is 6.20 Å². The van der Waals surface area contributed by atoms with Gasteiger partial charge in [0.1, 0.15) is 11.5 Å². The van der Waals surface area contributed by atoms with Gasteiger partial charge in [-0.2, -0.15) is 0 Å². The van der Waals surface area contributed by atoms with Gasteiger partial charge in [0.2, 0.25) is 0 Å². The van der Waals surface area contributed by atoms with Crippen LogP contribution in [0.4, 0.5) is 0 Å². The average molecular weight is 227 g/mol. The zero-order valence-electron chi connectivity index (χ0n) is 9.55. The topological polar surface area (TPSA) is 68.9 Å². The van der Waals surface area contributed by atoms with Crippen molar-refractivity contribution in [3.8, 4) is 0 Å². The van der Waals surface area contributed by atoms with E-state index >= 15 is 0 Å².